The molecule has 1 aliphatic rings. The highest BCUT2D eigenvalue weighted by Crippen LogP contribution is 2.39. The van der Waals surface area contributed by atoms with E-state index in [9.17, 15) is 14.7 Å². The molecule has 1 unspecified atom stereocenters. The Morgan fingerprint density at radius 1 is 1.26 bits per heavy atom. The standard InChI is InChI=1S/C15H21N3O5/c1-9(2)15(14(20)21)5-6-18(7-15)13(19)10-11(22-3)16-8-17-12(10)23-4/h8-9H,5-7H2,1-4H3,(H,20,21). The van der Waals surface area contributed by atoms with Crippen LogP contribution in [0.4, 0.5) is 0 Å². The lowest BCUT2D eigenvalue weighted by Crippen LogP contribution is -2.40. The van der Waals surface area contributed by atoms with Crippen LogP contribution in [-0.4, -0.2) is 59.2 Å². The third kappa shape index (κ3) is 2.80. The second-order valence-electron chi connectivity index (χ2n) is 5.86. The van der Waals surface area contributed by atoms with E-state index in [0.29, 0.717) is 13.0 Å². The molecule has 0 saturated carbocycles. The minimum atomic E-state index is -0.939. The van der Waals surface area contributed by atoms with Gasteiger partial charge in [0.25, 0.3) is 5.91 Å². The van der Waals surface area contributed by atoms with E-state index >= 15 is 0 Å². The van der Waals surface area contributed by atoms with Crippen molar-refractivity contribution in [1.82, 2.24) is 14.9 Å². The van der Waals surface area contributed by atoms with E-state index in [0.717, 1.165) is 0 Å². The maximum Gasteiger partial charge on any atom is 0.311 e. The zero-order valence-corrected chi connectivity index (χ0v) is 13.7. The van der Waals surface area contributed by atoms with Crippen LogP contribution in [0.25, 0.3) is 0 Å². The van der Waals surface area contributed by atoms with Crippen molar-refractivity contribution < 1.29 is 24.2 Å². The Morgan fingerprint density at radius 2 is 1.83 bits per heavy atom. The summed E-state index contributed by atoms with van der Waals surface area (Å²) in [4.78, 5) is 33.9. The Kier molecular flexibility index (Phi) is 4.72. The summed E-state index contributed by atoms with van der Waals surface area (Å²) >= 11 is 0. The highest BCUT2D eigenvalue weighted by Gasteiger charge is 2.49. The lowest BCUT2D eigenvalue weighted by Gasteiger charge is -2.28. The third-order valence-electron chi connectivity index (χ3n) is 4.50. The number of hydrogen-bond acceptors (Lipinski definition) is 6. The number of ether oxygens (including phenoxy) is 2. The monoisotopic (exact) mass is 323 g/mol. The first-order valence-electron chi connectivity index (χ1n) is 7.33. The van der Waals surface area contributed by atoms with Gasteiger partial charge < -0.3 is 19.5 Å². The molecular weight excluding hydrogens is 302 g/mol. The average molecular weight is 323 g/mol. The summed E-state index contributed by atoms with van der Waals surface area (Å²) in [5.41, 5.74) is -0.825. The molecule has 1 aromatic rings. The van der Waals surface area contributed by atoms with Gasteiger partial charge in [0.05, 0.1) is 19.6 Å². The number of aromatic nitrogens is 2. The molecule has 1 fully saturated rings. The molecule has 2 heterocycles. The summed E-state index contributed by atoms with van der Waals surface area (Å²) in [6.45, 7) is 4.20. The van der Waals surface area contributed by atoms with Crippen molar-refractivity contribution in [2.24, 2.45) is 11.3 Å². The predicted molar refractivity (Wildman–Crippen MR) is 80.6 cm³/mol. The minimum Gasteiger partial charge on any atom is -0.481 e. The summed E-state index contributed by atoms with van der Waals surface area (Å²) in [5.74, 6) is -1.14. The molecule has 1 amide bonds. The number of carboxylic acids is 1. The van der Waals surface area contributed by atoms with Crippen LogP contribution in [0.1, 0.15) is 30.6 Å². The molecule has 1 aliphatic heterocycles. The number of amides is 1. The largest absolute Gasteiger partial charge is 0.481 e. The van der Waals surface area contributed by atoms with E-state index in [1.807, 2.05) is 13.8 Å². The van der Waals surface area contributed by atoms with Gasteiger partial charge in [-0.05, 0) is 12.3 Å². The topological polar surface area (TPSA) is 102 Å². The van der Waals surface area contributed by atoms with Gasteiger partial charge in [-0.25, -0.2) is 9.97 Å². The van der Waals surface area contributed by atoms with Gasteiger partial charge in [0.1, 0.15) is 6.33 Å². The molecule has 1 saturated heterocycles. The number of aliphatic carboxylic acids is 1. The summed E-state index contributed by atoms with van der Waals surface area (Å²) in [6.07, 6.45) is 1.65. The van der Waals surface area contributed by atoms with Crippen molar-refractivity contribution in [2.45, 2.75) is 20.3 Å². The number of methoxy groups -OCH3 is 2. The molecule has 8 heteroatoms. The van der Waals surface area contributed by atoms with Crippen LogP contribution in [-0.2, 0) is 4.79 Å². The van der Waals surface area contributed by atoms with Crippen LogP contribution in [0.15, 0.2) is 6.33 Å². The molecule has 126 valence electrons. The Morgan fingerprint density at radius 3 is 2.22 bits per heavy atom. The van der Waals surface area contributed by atoms with Gasteiger partial charge in [0.15, 0.2) is 5.56 Å². The molecular formula is C15H21N3O5. The molecule has 8 nitrogen and oxygen atoms in total. The van der Waals surface area contributed by atoms with Crippen molar-refractivity contribution in [1.29, 1.82) is 0 Å². The van der Waals surface area contributed by atoms with Crippen LogP contribution in [0.5, 0.6) is 11.8 Å². The number of carbonyl (C=O) groups is 2. The smallest absolute Gasteiger partial charge is 0.311 e. The quantitative estimate of drug-likeness (QED) is 0.864. The number of rotatable bonds is 5. The van der Waals surface area contributed by atoms with Crippen LogP contribution in [0.2, 0.25) is 0 Å². The van der Waals surface area contributed by atoms with E-state index < -0.39 is 11.4 Å². The highest BCUT2D eigenvalue weighted by atomic mass is 16.5. The molecule has 23 heavy (non-hydrogen) atoms. The van der Waals surface area contributed by atoms with Gasteiger partial charge in [-0.15, -0.1) is 0 Å². The minimum absolute atomic E-state index is 0.0892. The zero-order chi connectivity index (χ0) is 17.2. The van der Waals surface area contributed by atoms with Crippen molar-refractivity contribution in [2.75, 3.05) is 27.3 Å². The van der Waals surface area contributed by atoms with Crippen LogP contribution < -0.4 is 9.47 Å². The molecule has 1 N–H and O–H groups in total. The van der Waals surface area contributed by atoms with E-state index in [4.69, 9.17) is 9.47 Å². The summed E-state index contributed by atoms with van der Waals surface area (Å²) < 4.78 is 10.2. The fraction of sp³-hybridized carbons (Fsp3) is 0.600. The lowest BCUT2D eigenvalue weighted by molar-refractivity contribution is -0.150. The molecule has 0 bridgehead atoms. The number of hydrogen-bond donors (Lipinski definition) is 1. The molecule has 0 aromatic carbocycles. The van der Waals surface area contributed by atoms with Gasteiger partial charge in [-0.1, -0.05) is 13.8 Å². The Hall–Kier alpha value is -2.38. The van der Waals surface area contributed by atoms with Gasteiger partial charge in [0.2, 0.25) is 11.8 Å². The average Bonchev–Trinajstić information content (AvgIpc) is 3.00. The Labute approximate surface area is 134 Å². The van der Waals surface area contributed by atoms with E-state index in [1.54, 1.807) is 0 Å². The number of nitrogens with zero attached hydrogens (tertiary/aromatic N) is 3. The predicted octanol–water partition coefficient (Wildman–Crippen LogP) is 1.07. The van der Waals surface area contributed by atoms with Crippen molar-refractivity contribution in [3.8, 4) is 11.8 Å². The maximum absolute atomic E-state index is 12.8. The summed E-state index contributed by atoms with van der Waals surface area (Å²) in [5, 5.41) is 9.59. The van der Waals surface area contributed by atoms with Gasteiger partial charge in [-0.3, -0.25) is 9.59 Å². The highest BCUT2D eigenvalue weighted by molar-refractivity contribution is 5.99. The van der Waals surface area contributed by atoms with Gasteiger partial charge in [-0.2, -0.15) is 0 Å². The molecule has 0 radical (unpaired) electrons. The van der Waals surface area contributed by atoms with Crippen LogP contribution in [0.3, 0.4) is 0 Å². The van der Waals surface area contributed by atoms with E-state index in [2.05, 4.69) is 9.97 Å². The van der Waals surface area contributed by atoms with Crippen LogP contribution >= 0.6 is 0 Å². The normalized spacial score (nSPS) is 20.7. The molecule has 2 rings (SSSR count). The first-order valence-corrected chi connectivity index (χ1v) is 7.33. The van der Waals surface area contributed by atoms with Crippen molar-refractivity contribution >= 4 is 11.9 Å². The van der Waals surface area contributed by atoms with Crippen molar-refractivity contribution in [3.63, 3.8) is 0 Å². The molecule has 0 aliphatic carbocycles. The Balaban J connectivity index is 2.35. The first kappa shape index (κ1) is 17.0. The van der Waals surface area contributed by atoms with Crippen LogP contribution in [0, 0.1) is 11.3 Å². The number of likely N-dealkylation sites (tertiary alicyclic amines) is 1. The number of carbonyl (C=O) groups excluding carboxylic acids is 1. The lowest BCUT2D eigenvalue weighted by atomic mass is 9.76. The van der Waals surface area contributed by atoms with Gasteiger partial charge in [0, 0.05) is 13.1 Å². The van der Waals surface area contributed by atoms with Crippen molar-refractivity contribution in [3.05, 3.63) is 11.9 Å². The summed E-state index contributed by atoms with van der Waals surface area (Å²) in [6, 6.07) is 0. The molecule has 1 aromatic heterocycles. The van der Waals surface area contributed by atoms with Gasteiger partial charge >= 0.3 is 5.97 Å². The molecule has 1 atom stereocenters. The Bertz CT molecular complexity index is 597. The van der Waals surface area contributed by atoms with E-state index in [-0.39, 0.29) is 35.7 Å². The number of carboxylic acid groups (broad SMARTS) is 1. The third-order valence-corrected chi connectivity index (χ3v) is 4.50. The maximum atomic E-state index is 12.8. The molecule has 0 spiro atoms. The SMILES string of the molecule is COc1ncnc(OC)c1C(=O)N1CCC(C(=O)O)(C(C)C)C1. The fourth-order valence-corrected chi connectivity index (χ4v) is 2.90. The second kappa shape index (κ2) is 6.39. The fourth-order valence-electron chi connectivity index (χ4n) is 2.90. The first-order chi connectivity index (χ1) is 10.9. The zero-order valence-electron chi connectivity index (χ0n) is 13.7. The van der Waals surface area contributed by atoms with E-state index in [1.165, 1.54) is 25.4 Å². The second-order valence-corrected chi connectivity index (χ2v) is 5.86. The summed E-state index contributed by atoms with van der Waals surface area (Å²) in [7, 11) is 2.80.